The molecule has 14 heavy (non-hydrogen) atoms. The molecule has 1 aliphatic heterocycles. The lowest BCUT2D eigenvalue weighted by Gasteiger charge is -2.32. The molecule has 1 rings (SSSR count). The van der Waals surface area contributed by atoms with Crippen LogP contribution >= 0.6 is 0 Å². The van der Waals surface area contributed by atoms with Gasteiger partial charge in [0.2, 0.25) is 0 Å². The van der Waals surface area contributed by atoms with Crippen LogP contribution in [0.2, 0.25) is 0 Å². The summed E-state index contributed by atoms with van der Waals surface area (Å²) < 4.78 is 4.82. The van der Waals surface area contributed by atoms with E-state index in [9.17, 15) is 9.59 Å². The van der Waals surface area contributed by atoms with Gasteiger partial charge in [0.1, 0.15) is 6.61 Å². The van der Waals surface area contributed by atoms with Gasteiger partial charge in [-0.25, -0.2) is 4.79 Å². The second-order valence-electron chi connectivity index (χ2n) is 3.43. The van der Waals surface area contributed by atoms with E-state index in [1.54, 1.807) is 0 Å². The third kappa shape index (κ3) is 2.90. The third-order valence-corrected chi connectivity index (χ3v) is 2.35. The second-order valence-corrected chi connectivity index (χ2v) is 3.43. The van der Waals surface area contributed by atoms with Crippen LogP contribution in [0.25, 0.3) is 0 Å². The Hall–Kier alpha value is -1.26. The molecule has 1 unspecified atom stereocenters. The summed E-state index contributed by atoms with van der Waals surface area (Å²) in [6.45, 7) is 2.05. The van der Waals surface area contributed by atoms with E-state index in [-0.39, 0.29) is 18.6 Å². The second kappa shape index (κ2) is 4.83. The van der Waals surface area contributed by atoms with Gasteiger partial charge < -0.3 is 14.7 Å². The van der Waals surface area contributed by atoms with Gasteiger partial charge in [-0.3, -0.25) is 4.79 Å². The molecule has 0 aromatic rings. The maximum atomic E-state index is 10.8. The van der Waals surface area contributed by atoms with Crippen LogP contribution in [0.3, 0.4) is 0 Å². The fraction of sp³-hybridized carbons (Fsp3) is 0.778. The Labute approximate surface area is 82.6 Å². The van der Waals surface area contributed by atoms with E-state index in [2.05, 4.69) is 0 Å². The van der Waals surface area contributed by atoms with Crippen LogP contribution in [0.1, 0.15) is 26.2 Å². The van der Waals surface area contributed by atoms with Gasteiger partial charge in [0.15, 0.2) is 0 Å². The maximum absolute atomic E-state index is 10.8. The molecule has 1 amide bonds. The summed E-state index contributed by atoms with van der Waals surface area (Å²) in [6.07, 6.45) is 1.74. The lowest BCUT2D eigenvalue weighted by atomic mass is 10.0. The molecule has 0 spiro atoms. The normalized spacial score (nSPS) is 21.8. The molecule has 1 N–H and O–H groups in total. The summed E-state index contributed by atoms with van der Waals surface area (Å²) in [5.74, 6) is -0.360. The molecule has 1 fully saturated rings. The maximum Gasteiger partial charge on any atom is 0.407 e. The molecule has 0 radical (unpaired) electrons. The predicted molar refractivity (Wildman–Crippen MR) is 49.0 cm³/mol. The summed E-state index contributed by atoms with van der Waals surface area (Å²) in [4.78, 5) is 22.7. The van der Waals surface area contributed by atoms with Crippen molar-refractivity contribution in [1.82, 2.24) is 4.90 Å². The molecular weight excluding hydrogens is 186 g/mol. The minimum Gasteiger partial charge on any atom is -0.465 e. The van der Waals surface area contributed by atoms with Gasteiger partial charge in [-0.1, -0.05) is 0 Å². The zero-order chi connectivity index (χ0) is 10.6. The van der Waals surface area contributed by atoms with Crippen LogP contribution in [0, 0.1) is 0 Å². The Balaban J connectivity index is 2.45. The van der Waals surface area contributed by atoms with Crippen molar-refractivity contribution in [3.8, 4) is 0 Å². The molecule has 1 saturated heterocycles. The van der Waals surface area contributed by atoms with Crippen LogP contribution in [0.4, 0.5) is 4.79 Å². The number of esters is 1. The highest BCUT2D eigenvalue weighted by atomic mass is 16.5. The smallest absolute Gasteiger partial charge is 0.407 e. The molecule has 5 heteroatoms. The van der Waals surface area contributed by atoms with E-state index in [4.69, 9.17) is 9.84 Å². The highest BCUT2D eigenvalue weighted by Crippen LogP contribution is 2.17. The van der Waals surface area contributed by atoms with Gasteiger partial charge >= 0.3 is 12.1 Å². The average Bonchev–Trinajstić information content (AvgIpc) is 2.15. The van der Waals surface area contributed by atoms with Crippen LogP contribution in [-0.2, 0) is 9.53 Å². The number of amides is 1. The average molecular weight is 201 g/mol. The van der Waals surface area contributed by atoms with Crippen LogP contribution in [0.15, 0.2) is 0 Å². The van der Waals surface area contributed by atoms with Crippen molar-refractivity contribution in [2.75, 3.05) is 13.2 Å². The minimum atomic E-state index is -0.929. The summed E-state index contributed by atoms with van der Waals surface area (Å²) in [5.41, 5.74) is 0. The number of likely N-dealkylation sites (tertiary alicyclic amines) is 1. The van der Waals surface area contributed by atoms with Crippen molar-refractivity contribution in [2.24, 2.45) is 0 Å². The molecule has 0 saturated carbocycles. The van der Waals surface area contributed by atoms with E-state index in [1.807, 2.05) is 0 Å². The SMILES string of the molecule is CC(=O)OCC1CCCCN1C(=O)O. The predicted octanol–water partition coefficient (Wildman–Crippen LogP) is 1.08. The first kappa shape index (κ1) is 10.8. The first-order chi connectivity index (χ1) is 6.61. The fourth-order valence-electron chi connectivity index (χ4n) is 1.64. The molecule has 0 aromatic carbocycles. The van der Waals surface area contributed by atoms with E-state index < -0.39 is 6.09 Å². The molecule has 0 bridgehead atoms. The first-order valence-electron chi connectivity index (χ1n) is 4.74. The standard InChI is InChI=1S/C9H15NO4/c1-7(11)14-6-8-4-2-3-5-10(8)9(12)13/h8H,2-6H2,1H3,(H,12,13). The Morgan fingerprint density at radius 3 is 2.79 bits per heavy atom. The number of hydrogen-bond donors (Lipinski definition) is 1. The quantitative estimate of drug-likeness (QED) is 0.679. The fourth-order valence-corrected chi connectivity index (χ4v) is 1.64. The Kier molecular flexibility index (Phi) is 3.73. The van der Waals surface area contributed by atoms with Gasteiger partial charge in [-0.15, -0.1) is 0 Å². The molecular formula is C9H15NO4. The highest BCUT2D eigenvalue weighted by molar-refractivity contribution is 5.67. The zero-order valence-corrected chi connectivity index (χ0v) is 8.23. The minimum absolute atomic E-state index is 0.162. The number of nitrogens with zero attached hydrogens (tertiary/aromatic N) is 1. The molecule has 0 aliphatic carbocycles. The highest BCUT2D eigenvalue weighted by Gasteiger charge is 2.26. The van der Waals surface area contributed by atoms with Crippen LogP contribution < -0.4 is 0 Å². The molecule has 5 nitrogen and oxygen atoms in total. The van der Waals surface area contributed by atoms with Crippen LogP contribution in [-0.4, -0.2) is 41.3 Å². The lowest BCUT2D eigenvalue weighted by Crippen LogP contribution is -2.45. The zero-order valence-electron chi connectivity index (χ0n) is 8.23. The monoisotopic (exact) mass is 201 g/mol. The van der Waals surface area contributed by atoms with Gasteiger partial charge in [0.05, 0.1) is 6.04 Å². The number of hydrogen-bond acceptors (Lipinski definition) is 3. The third-order valence-electron chi connectivity index (χ3n) is 2.35. The van der Waals surface area contributed by atoms with E-state index in [1.165, 1.54) is 11.8 Å². The van der Waals surface area contributed by atoms with Gasteiger partial charge in [0, 0.05) is 13.5 Å². The topological polar surface area (TPSA) is 66.8 Å². The van der Waals surface area contributed by atoms with Crippen molar-refractivity contribution in [3.05, 3.63) is 0 Å². The Bertz CT molecular complexity index is 229. The number of piperidine rings is 1. The summed E-state index contributed by atoms with van der Waals surface area (Å²) in [5, 5.41) is 8.86. The molecule has 0 aromatic heterocycles. The molecule has 80 valence electrons. The van der Waals surface area contributed by atoms with Crippen molar-refractivity contribution in [3.63, 3.8) is 0 Å². The van der Waals surface area contributed by atoms with E-state index >= 15 is 0 Å². The molecule has 1 aliphatic rings. The number of carboxylic acid groups (broad SMARTS) is 1. The van der Waals surface area contributed by atoms with Crippen molar-refractivity contribution >= 4 is 12.1 Å². The Morgan fingerprint density at radius 2 is 2.21 bits per heavy atom. The number of ether oxygens (including phenoxy) is 1. The van der Waals surface area contributed by atoms with E-state index in [0.717, 1.165) is 19.3 Å². The van der Waals surface area contributed by atoms with Gasteiger partial charge in [-0.2, -0.15) is 0 Å². The summed E-state index contributed by atoms with van der Waals surface area (Å²) in [7, 11) is 0. The number of carbonyl (C=O) groups is 2. The first-order valence-corrected chi connectivity index (χ1v) is 4.74. The van der Waals surface area contributed by atoms with Gasteiger partial charge in [-0.05, 0) is 19.3 Å². The van der Waals surface area contributed by atoms with Crippen LogP contribution in [0.5, 0.6) is 0 Å². The summed E-state index contributed by atoms with van der Waals surface area (Å²) >= 11 is 0. The largest absolute Gasteiger partial charge is 0.465 e. The molecule has 1 heterocycles. The van der Waals surface area contributed by atoms with Gasteiger partial charge in [0.25, 0.3) is 0 Å². The number of rotatable bonds is 2. The van der Waals surface area contributed by atoms with Crippen molar-refractivity contribution in [1.29, 1.82) is 0 Å². The molecule has 1 atom stereocenters. The van der Waals surface area contributed by atoms with E-state index in [0.29, 0.717) is 6.54 Å². The lowest BCUT2D eigenvalue weighted by molar-refractivity contribution is -0.142. The Morgan fingerprint density at radius 1 is 1.50 bits per heavy atom. The van der Waals surface area contributed by atoms with Crippen molar-refractivity contribution < 1.29 is 19.4 Å². The van der Waals surface area contributed by atoms with Crippen molar-refractivity contribution in [2.45, 2.75) is 32.2 Å². The summed E-state index contributed by atoms with van der Waals surface area (Å²) in [6, 6.07) is -0.162. The number of carbonyl (C=O) groups excluding carboxylic acids is 1.